The van der Waals surface area contributed by atoms with Crippen molar-refractivity contribution < 1.29 is 12.8 Å². The fraction of sp³-hybridized carbons (Fsp3) is 0.412. The first kappa shape index (κ1) is 18.7. The van der Waals surface area contributed by atoms with E-state index in [4.69, 9.17) is 0 Å². The summed E-state index contributed by atoms with van der Waals surface area (Å²) in [6.45, 7) is 3.65. The van der Waals surface area contributed by atoms with Gasteiger partial charge in [-0.2, -0.15) is 8.99 Å². The molecule has 0 atom stereocenters. The maximum absolute atomic E-state index is 13.6. The molecule has 11 heteroatoms. The van der Waals surface area contributed by atoms with Crippen molar-refractivity contribution in [3.8, 4) is 5.69 Å². The molecule has 3 heterocycles. The average Bonchev–Trinajstić information content (AvgIpc) is 3.12. The Labute approximate surface area is 161 Å². The van der Waals surface area contributed by atoms with Crippen LogP contribution in [0.3, 0.4) is 0 Å². The summed E-state index contributed by atoms with van der Waals surface area (Å²) in [5, 5.41) is 8.29. The molecule has 4 rings (SSSR count). The van der Waals surface area contributed by atoms with Crippen LogP contribution in [-0.2, 0) is 10.0 Å². The first-order valence-corrected chi connectivity index (χ1v) is 10.7. The molecule has 148 valence electrons. The van der Waals surface area contributed by atoms with Gasteiger partial charge in [-0.3, -0.25) is 0 Å². The number of piperazine rings is 1. The summed E-state index contributed by atoms with van der Waals surface area (Å²) in [5.41, 5.74) is 1.48. The number of hydrogen-bond acceptors (Lipinski definition) is 7. The SMILES string of the molecule is CCCS(=O)(=O)N1CCN(c2ncnc3c2nnn3-c2cccc(F)c2)CC1. The monoisotopic (exact) mass is 405 g/mol. The van der Waals surface area contributed by atoms with Gasteiger partial charge in [-0.15, -0.1) is 5.10 Å². The molecule has 0 unspecified atom stereocenters. The van der Waals surface area contributed by atoms with Crippen LogP contribution in [0.4, 0.5) is 10.2 Å². The summed E-state index contributed by atoms with van der Waals surface area (Å²) < 4.78 is 41.1. The number of nitrogens with zero attached hydrogens (tertiary/aromatic N) is 7. The number of benzene rings is 1. The van der Waals surface area contributed by atoms with Crippen molar-refractivity contribution in [2.75, 3.05) is 36.8 Å². The third kappa shape index (κ3) is 3.42. The van der Waals surface area contributed by atoms with E-state index in [0.717, 1.165) is 0 Å². The van der Waals surface area contributed by atoms with Crippen LogP contribution < -0.4 is 4.90 Å². The zero-order valence-corrected chi connectivity index (χ0v) is 16.2. The molecule has 0 aliphatic carbocycles. The van der Waals surface area contributed by atoms with Gasteiger partial charge in [0.15, 0.2) is 17.0 Å². The predicted molar refractivity (Wildman–Crippen MR) is 102 cm³/mol. The molecule has 1 aliphatic heterocycles. The van der Waals surface area contributed by atoms with Crippen LogP contribution in [0.2, 0.25) is 0 Å². The van der Waals surface area contributed by atoms with Crippen molar-refractivity contribution in [2.45, 2.75) is 13.3 Å². The smallest absolute Gasteiger partial charge is 0.214 e. The largest absolute Gasteiger partial charge is 0.352 e. The van der Waals surface area contributed by atoms with Crippen molar-refractivity contribution >= 4 is 27.0 Å². The lowest BCUT2D eigenvalue weighted by atomic mass is 10.3. The van der Waals surface area contributed by atoms with Gasteiger partial charge in [0.05, 0.1) is 11.4 Å². The molecular weight excluding hydrogens is 385 g/mol. The number of halogens is 1. The molecule has 9 nitrogen and oxygen atoms in total. The van der Waals surface area contributed by atoms with E-state index in [2.05, 4.69) is 20.3 Å². The second kappa shape index (κ2) is 7.40. The van der Waals surface area contributed by atoms with Crippen LogP contribution in [0, 0.1) is 5.82 Å². The van der Waals surface area contributed by atoms with Gasteiger partial charge in [0.2, 0.25) is 10.0 Å². The molecule has 1 aliphatic rings. The Morgan fingerprint density at radius 3 is 2.64 bits per heavy atom. The van der Waals surface area contributed by atoms with E-state index in [9.17, 15) is 12.8 Å². The van der Waals surface area contributed by atoms with Gasteiger partial charge in [-0.25, -0.2) is 22.8 Å². The van der Waals surface area contributed by atoms with E-state index in [1.165, 1.54) is 27.4 Å². The van der Waals surface area contributed by atoms with E-state index in [-0.39, 0.29) is 11.6 Å². The van der Waals surface area contributed by atoms with Gasteiger partial charge >= 0.3 is 0 Å². The Kier molecular flexibility index (Phi) is 4.94. The average molecular weight is 405 g/mol. The second-order valence-electron chi connectivity index (χ2n) is 6.55. The van der Waals surface area contributed by atoms with E-state index in [0.29, 0.717) is 55.3 Å². The van der Waals surface area contributed by atoms with Crippen LogP contribution >= 0.6 is 0 Å². The Morgan fingerprint density at radius 1 is 1.14 bits per heavy atom. The molecule has 0 amide bonds. The van der Waals surface area contributed by atoms with Gasteiger partial charge in [-0.1, -0.05) is 18.2 Å². The molecule has 0 saturated carbocycles. The third-order valence-electron chi connectivity index (χ3n) is 4.66. The Balaban J connectivity index is 1.61. The molecule has 0 N–H and O–H groups in total. The van der Waals surface area contributed by atoms with E-state index >= 15 is 0 Å². The lowest BCUT2D eigenvalue weighted by molar-refractivity contribution is 0.384. The number of hydrogen-bond donors (Lipinski definition) is 0. The zero-order chi connectivity index (χ0) is 19.7. The number of anilines is 1. The molecule has 1 fully saturated rings. The van der Waals surface area contributed by atoms with Crippen molar-refractivity contribution in [3.05, 3.63) is 36.4 Å². The van der Waals surface area contributed by atoms with E-state index < -0.39 is 10.0 Å². The summed E-state index contributed by atoms with van der Waals surface area (Å²) >= 11 is 0. The molecule has 2 aromatic heterocycles. The Morgan fingerprint density at radius 2 is 1.93 bits per heavy atom. The minimum atomic E-state index is -3.21. The fourth-order valence-corrected chi connectivity index (χ4v) is 4.81. The molecule has 1 aromatic carbocycles. The number of aromatic nitrogens is 5. The summed E-state index contributed by atoms with van der Waals surface area (Å²) in [4.78, 5) is 10.6. The quantitative estimate of drug-likeness (QED) is 0.629. The summed E-state index contributed by atoms with van der Waals surface area (Å²) in [5.74, 6) is 0.382. The van der Waals surface area contributed by atoms with Crippen molar-refractivity contribution in [1.29, 1.82) is 0 Å². The number of fused-ring (bicyclic) bond motifs is 1. The Hall–Kier alpha value is -2.66. The summed E-state index contributed by atoms with van der Waals surface area (Å²) in [6, 6.07) is 6.02. The zero-order valence-electron chi connectivity index (χ0n) is 15.4. The van der Waals surface area contributed by atoms with Crippen molar-refractivity contribution in [1.82, 2.24) is 29.3 Å². The molecule has 3 aromatic rings. The van der Waals surface area contributed by atoms with Crippen LogP contribution in [-0.4, -0.2) is 69.6 Å². The van der Waals surface area contributed by atoms with Gasteiger partial charge in [0.25, 0.3) is 0 Å². The van der Waals surface area contributed by atoms with E-state index in [1.807, 2.05) is 11.8 Å². The highest BCUT2D eigenvalue weighted by atomic mass is 32.2. The first-order chi connectivity index (χ1) is 13.5. The highest BCUT2D eigenvalue weighted by Crippen LogP contribution is 2.24. The number of rotatable bonds is 5. The minimum absolute atomic E-state index is 0.159. The lowest BCUT2D eigenvalue weighted by Gasteiger charge is -2.34. The van der Waals surface area contributed by atoms with Crippen LogP contribution in [0.1, 0.15) is 13.3 Å². The van der Waals surface area contributed by atoms with E-state index in [1.54, 1.807) is 12.1 Å². The lowest BCUT2D eigenvalue weighted by Crippen LogP contribution is -2.49. The third-order valence-corrected chi connectivity index (χ3v) is 6.74. The predicted octanol–water partition coefficient (Wildman–Crippen LogP) is 1.21. The maximum Gasteiger partial charge on any atom is 0.214 e. The molecule has 0 bridgehead atoms. The summed E-state index contributed by atoms with van der Waals surface area (Å²) in [7, 11) is -3.21. The Bertz CT molecular complexity index is 1090. The molecule has 0 radical (unpaired) electrons. The van der Waals surface area contributed by atoms with Gasteiger partial charge in [0.1, 0.15) is 12.1 Å². The summed E-state index contributed by atoms with van der Waals surface area (Å²) in [6.07, 6.45) is 2.01. The standard InChI is InChI=1S/C17H20FN7O2S/c1-2-10-28(26,27)24-8-6-23(7-9-24)16-15-17(20-12-19-16)25(22-21-15)14-5-3-4-13(18)11-14/h3-5,11-12H,2,6-10H2,1H3. The molecular formula is C17H20FN7O2S. The van der Waals surface area contributed by atoms with Crippen LogP contribution in [0.25, 0.3) is 16.9 Å². The van der Waals surface area contributed by atoms with Crippen LogP contribution in [0.5, 0.6) is 0 Å². The van der Waals surface area contributed by atoms with Gasteiger partial charge < -0.3 is 4.90 Å². The van der Waals surface area contributed by atoms with Crippen molar-refractivity contribution in [3.63, 3.8) is 0 Å². The van der Waals surface area contributed by atoms with Crippen molar-refractivity contribution in [2.24, 2.45) is 0 Å². The van der Waals surface area contributed by atoms with Gasteiger partial charge in [0, 0.05) is 26.2 Å². The minimum Gasteiger partial charge on any atom is -0.352 e. The molecule has 1 saturated heterocycles. The first-order valence-electron chi connectivity index (χ1n) is 9.04. The second-order valence-corrected chi connectivity index (χ2v) is 8.64. The topological polar surface area (TPSA) is 97.1 Å². The van der Waals surface area contributed by atoms with Crippen LogP contribution in [0.15, 0.2) is 30.6 Å². The maximum atomic E-state index is 13.6. The normalized spacial score (nSPS) is 16.0. The highest BCUT2D eigenvalue weighted by molar-refractivity contribution is 7.89. The van der Waals surface area contributed by atoms with Gasteiger partial charge in [-0.05, 0) is 24.6 Å². The molecule has 28 heavy (non-hydrogen) atoms. The number of sulfonamides is 1. The fourth-order valence-electron chi connectivity index (χ4n) is 3.32. The highest BCUT2D eigenvalue weighted by Gasteiger charge is 2.28. The molecule has 0 spiro atoms.